The van der Waals surface area contributed by atoms with E-state index in [9.17, 15) is 4.79 Å². The van der Waals surface area contributed by atoms with Crippen molar-refractivity contribution in [2.45, 2.75) is 70.1 Å². The van der Waals surface area contributed by atoms with Crippen LogP contribution >= 0.6 is 11.8 Å². The lowest BCUT2D eigenvalue weighted by atomic mass is 9.85. The fourth-order valence-corrected chi connectivity index (χ4v) is 4.09. The molecule has 1 rings (SSSR count). The lowest BCUT2D eigenvalue weighted by Gasteiger charge is -2.34. The molecule has 2 atom stereocenters. The van der Waals surface area contributed by atoms with Gasteiger partial charge < -0.3 is 10.1 Å². The van der Waals surface area contributed by atoms with Crippen LogP contribution in [0.3, 0.4) is 0 Å². The highest BCUT2D eigenvalue weighted by Crippen LogP contribution is 2.40. The van der Waals surface area contributed by atoms with Gasteiger partial charge in [-0.25, -0.2) is 0 Å². The summed E-state index contributed by atoms with van der Waals surface area (Å²) < 4.78 is 5.40. The number of methoxy groups -OCH3 is 1. The summed E-state index contributed by atoms with van der Waals surface area (Å²) in [6.45, 7) is 9.76. The van der Waals surface area contributed by atoms with Crippen LogP contribution in [0.4, 0.5) is 0 Å². The summed E-state index contributed by atoms with van der Waals surface area (Å²) in [6, 6.07) is 0. The highest BCUT2D eigenvalue weighted by molar-refractivity contribution is 8.00. The maximum atomic E-state index is 12.3. The third kappa shape index (κ3) is 4.66. The Morgan fingerprint density at radius 3 is 2.70 bits per heavy atom. The Morgan fingerprint density at radius 1 is 1.45 bits per heavy atom. The number of hydrogen-bond acceptors (Lipinski definition) is 4. The third-order valence-electron chi connectivity index (χ3n) is 4.06. The number of nitrogens with one attached hydrogen (secondary N) is 1. The molecule has 3 nitrogen and oxygen atoms in total. The van der Waals surface area contributed by atoms with Crippen molar-refractivity contribution in [3.05, 3.63) is 0 Å². The van der Waals surface area contributed by atoms with E-state index in [4.69, 9.17) is 4.74 Å². The second-order valence-electron chi connectivity index (χ2n) is 6.73. The Labute approximate surface area is 128 Å². The third-order valence-corrected chi connectivity index (χ3v) is 5.37. The van der Waals surface area contributed by atoms with E-state index in [2.05, 4.69) is 33.0 Å². The van der Waals surface area contributed by atoms with Crippen LogP contribution in [0.25, 0.3) is 0 Å². The summed E-state index contributed by atoms with van der Waals surface area (Å²) in [5.41, 5.74) is -0.427. The number of rotatable bonds is 7. The standard InChI is InChI=1S/C16H31NO2S/c1-6-11-17-16(14(18)19-5)10-7-8-13(16)9-12-20-15(2,3)4/h13,17H,6-12H2,1-5H3. The zero-order valence-corrected chi connectivity index (χ0v) is 14.6. The molecule has 0 bridgehead atoms. The lowest BCUT2D eigenvalue weighted by Crippen LogP contribution is -2.55. The summed E-state index contributed by atoms with van der Waals surface area (Å²) in [7, 11) is 1.51. The van der Waals surface area contributed by atoms with Gasteiger partial charge >= 0.3 is 5.97 Å². The van der Waals surface area contributed by atoms with Crippen molar-refractivity contribution in [2.75, 3.05) is 19.4 Å². The van der Waals surface area contributed by atoms with Crippen LogP contribution < -0.4 is 5.32 Å². The summed E-state index contributed by atoms with van der Waals surface area (Å²) in [5, 5.41) is 3.51. The first-order valence-electron chi connectivity index (χ1n) is 7.83. The van der Waals surface area contributed by atoms with Crippen LogP contribution in [0.5, 0.6) is 0 Å². The highest BCUT2D eigenvalue weighted by Gasteiger charge is 2.49. The van der Waals surface area contributed by atoms with E-state index in [1.807, 2.05) is 11.8 Å². The minimum atomic E-state index is -0.427. The lowest BCUT2D eigenvalue weighted by molar-refractivity contribution is -0.150. The van der Waals surface area contributed by atoms with E-state index < -0.39 is 5.54 Å². The molecule has 0 saturated heterocycles. The molecular weight excluding hydrogens is 270 g/mol. The maximum Gasteiger partial charge on any atom is 0.326 e. The van der Waals surface area contributed by atoms with Gasteiger partial charge in [-0.3, -0.25) is 4.79 Å². The zero-order chi connectivity index (χ0) is 15.2. The van der Waals surface area contributed by atoms with Crippen molar-refractivity contribution in [1.29, 1.82) is 0 Å². The van der Waals surface area contributed by atoms with Gasteiger partial charge in [-0.1, -0.05) is 34.1 Å². The van der Waals surface area contributed by atoms with Gasteiger partial charge in [0.25, 0.3) is 0 Å². The van der Waals surface area contributed by atoms with E-state index in [0.29, 0.717) is 10.7 Å². The van der Waals surface area contributed by atoms with Gasteiger partial charge in [-0.05, 0) is 43.9 Å². The molecule has 0 amide bonds. The van der Waals surface area contributed by atoms with Crippen molar-refractivity contribution in [2.24, 2.45) is 5.92 Å². The highest BCUT2D eigenvalue weighted by atomic mass is 32.2. The van der Waals surface area contributed by atoms with E-state index in [-0.39, 0.29) is 5.97 Å². The summed E-state index contributed by atoms with van der Waals surface area (Å²) in [6.07, 6.45) is 5.31. The van der Waals surface area contributed by atoms with Crippen LogP contribution in [0, 0.1) is 5.92 Å². The first kappa shape index (κ1) is 17.8. The molecule has 1 N–H and O–H groups in total. The Kier molecular flexibility index (Phi) is 6.86. The Hall–Kier alpha value is -0.220. The molecule has 1 aliphatic rings. The first-order chi connectivity index (χ1) is 9.35. The second-order valence-corrected chi connectivity index (χ2v) is 8.65. The number of hydrogen-bond donors (Lipinski definition) is 1. The number of carbonyl (C=O) groups is 1. The molecule has 0 radical (unpaired) electrons. The second kappa shape index (κ2) is 7.69. The predicted octanol–water partition coefficient (Wildman–Crippen LogP) is 3.62. The van der Waals surface area contributed by atoms with Crippen LogP contribution in [-0.4, -0.2) is 35.7 Å². The van der Waals surface area contributed by atoms with E-state index >= 15 is 0 Å². The topological polar surface area (TPSA) is 38.3 Å². The van der Waals surface area contributed by atoms with E-state index in [0.717, 1.165) is 44.4 Å². The predicted molar refractivity (Wildman–Crippen MR) is 87.2 cm³/mol. The molecule has 0 aromatic carbocycles. The molecule has 1 aliphatic carbocycles. The molecule has 118 valence electrons. The summed E-state index contributed by atoms with van der Waals surface area (Å²) >= 11 is 1.98. The van der Waals surface area contributed by atoms with Crippen molar-refractivity contribution in [3.8, 4) is 0 Å². The van der Waals surface area contributed by atoms with Gasteiger partial charge in [-0.15, -0.1) is 0 Å². The van der Waals surface area contributed by atoms with Gasteiger partial charge in [0.05, 0.1) is 7.11 Å². The zero-order valence-electron chi connectivity index (χ0n) is 13.8. The van der Waals surface area contributed by atoms with Gasteiger partial charge in [0.15, 0.2) is 0 Å². The number of carbonyl (C=O) groups excluding carboxylic acids is 1. The fourth-order valence-electron chi connectivity index (χ4n) is 3.08. The Balaban J connectivity index is 2.68. The quantitative estimate of drug-likeness (QED) is 0.729. The maximum absolute atomic E-state index is 12.3. The molecule has 1 saturated carbocycles. The normalized spacial score (nSPS) is 26.8. The molecule has 2 unspecified atom stereocenters. The van der Waals surface area contributed by atoms with E-state index in [1.54, 1.807) is 0 Å². The van der Waals surface area contributed by atoms with Gasteiger partial charge in [0.2, 0.25) is 0 Å². The molecular formula is C16H31NO2S. The van der Waals surface area contributed by atoms with Crippen LogP contribution in [0.15, 0.2) is 0 Å². The average molecular weight is 301 g/mol. The number of esters is 1. The molecule has 20 heavy (non-hydrogen) atoms. The molecule has 1 fully saturated rings. The van der Waals surface area contributed by atoms with Gasteiger partial charge in [0, 0.05) is 4.75 Å². The molecule has 0 spiro atoms. The summed E-state index contributed by atoms with van der Waals surface area (Å²) in [5.74, 6) is 1.46. The van der Waals surface area contributed by atoms with Crippen LogP contribution in [0.1, 0.15) is 59.8 Å². The van der Waals surface area contributed by atoms with Gasteiger partial charge in [-0.2, -0.15) is 11.8 Å². The smallest absolute Gasteiger partial charge is 0.326 e. The molecule has 0 heterocycles. The van der Waals surface area contributed by atoms with Crippen molar-refractivity contribution in [3.63, 3.8) is 0 Å². The molecule has 0 aromatic heterocycles. The Bertz CT molecular complexity index is 314. The largest absolute Gasteiger partial charge is 0.468 e. The molecule has 0 aliphatic heterocycles. The SMILES string of the molecule is CCCNC1(C(=O)OC)CCCC1CCSC(C)(C)C. The molecule has 4 heteroatoms. The van der Waals surface area contributed by atoms with Crippen LogP contribution in [0.2, 0.25) is 0 Å². The number of ether oxygens (including phenoxy) is 1. The van der Waals surface area contributed by atoms with Crippen molar-refractivity contribution >= 4 is 17.7 Å². The summed E-state index contributed by atoms with van der Waals surface area (Å²) in [4.78, 5) is 12.3. The average Bonchev–Trinajstić information content (AvgIpc) is 2.78. The number of thioether (sulfide) groups is 1. The minimum absolute atomic E-state index is 0.0609. The van der Waals surface area contributed by atoms with Crippen LogP contribution in [-0.2, 0) is 9.53 Å². The van der Waals surface area contributed by atoms with Gasteiger partial charge in [0.1, 0.15) is 5.54 Å². The minimum Gasteiger partial charge on any atom is -0.468 e. The Morgan fingerprint density at radius 2 is 2.15 bits per heavy atom. The molecule has 0 aromatic rings. The van der Waals surface area contributed by atoms with Crippen molar-refractivity contribution in [1.82, 2.24) is 5.32 Å². The monoisotopic (exact) mass is 301 g/mol. The van der Waals surface area contributed by atoms with Crippen molar-refractivity contribution < 1.29 is 9.53 Å². The van der Waals surface area contributed by atoms with E-state index in [1.165, 1.54) is 7.11 Å². The fraction of sp³-hybridized carbons (Fsp3) is 0.938. The first-order valence-corrected chi connectivity index (χ1v) is 8.81.